The van der Waals surface area contributed by atoms with Crippen LogP contribution in [0.3, 0.4) is 0 Å². The highest BCUT2D eigenvalue weighted by Crippen LogP contribution is 2.30. The van der Waals surface area contributed by atoms with Gasteiger partial charge in [0.15, 0.2) is 11.5 Å². The molecule has 0 aliphatic carbocycles. The van der Waals surface area contributed by atoms with Crippen LogP contribution < -0.4 is 14.8 Å². The van der Waals surface area contributed by atoms with Gasteiger partial charge in [-0.05, 0) is 44.3 Å². The smallest absolute Gasteiger partial charge is 0.257 e. The molecule has 2 aromatic rings. The summed E-state index contributed by atoms with van der Waals surface area (Å²) in [6.45, 7) is 9.49. The fraction of sp³-hybridized carbons (Fsp3) is 0.400. The molecule has 0 aliphatic heterocycles. The molecule has 0 aliphatic rings. The average molecular weight is 357 g/mol. The Balaban J connectivity index is 2.05. The molecule has 0 unspecified atom stereocenters. The van der Waals surface area contributed by atoms with E-state index in [1.54, 1.807) is 37.6 Å². The Kier molecular flexibility index (Phi) is 7.41. The Labute approximate surface area is 155 Å². The first kappa shape index (κ1) is 19.7. The van der Waals surface area contributed by atoms with Gasteiger partial charge >= 0.3 is 0 Å². The molecule has 0 radical (unpaired) electrons. The number of anilines is 1. The second-order valence-corrected chi connectivity index (χ2v) is 5.88. The molecule has 0 fully saturated rings. The molecule has 1 heterocycles. The number of likely N-dealkylation sites (N-methyl/N-ethyl adjacent to an activating group) is 1. The van der Waals surface area contributed by atoms with Crippen molar-refractivity contribution in [3.63, 3.8) is 0 Å². The van der Waals surface area contributed by atoms with E-state index in [9.17, 15) is 4.79 Å². The first-order valence-corrected chi connectivity index (χ1v) is 8.84. The normalized spacial score (nSPS) is 10.7. The van der Waals surface area contributed by atoms with Crippen molar-refractivity contribution in [2.75, 3.05) is 38.7 Å². The summed E-state index contributed by atoms with van der Waals surface area (Å²) in [6, 6.07) is 8.92. The highest BCUT2D eigenvalue weighted by Gasteiger charge is 2.11. The number of hydrogen-bond donors (Lipinski definition) is 1. The lowest BCUT2D eigenvalue weighted by atomic mass is 10.2. The molecule has 0 atom stereocenters. The van der Waals surface area contributed by atoms with Gasteiger partial charge in [0.05, 0.1) is 12.7 Å². The van der Waals surface area contributed by atoms with Crippen molar-refractivity contribution in [2.45, 2.75) is 20.8 Å². The summed E-state index contributed by atoms with van der Waals surface area (Å²) in [5, 5.41) is 2.87. The van der Waals surface area contributed by atoms with Crippen molar-refractivity contribution in [3.05, 3.63) is 47.8 Å². The Morgan fingerprint density at radius 1 is 1.15 bits per heavy atom. The number of methoxy groups -OCH3 is 1. The first-order valence-electron chi connectivity index (χ1n) is 8.84. The van der Waals surface area contributed by atoms with Crippen LogP contribution in [-0.4, -0.2) is 49.1 Å². The maximum atomic E-state index is 12.3. The van der Waals surface area contributed by atoms with E-state index in [0.29, 0.717) is 29.4 Å². The van der Waals surface area contributed by atoms with Crippen LogP contribution >= 0.6 is 0 Å². The van der Waals surface area contributed by atoms with E-state index in [0.717, 1.165) is 25.3 Å². The SMILES string of the molecule is CCN(CC)CCOc1cc(NC(=O)c2ccc(C)nc2)ccc1OC. The lowest BCUT2D eigenvalue weighted by molar-refractivity contribution is 0.102. The van der Waals surface area contributed by atoms with Crippen LogP contribution in [0.4, 0.5) is 5.69 Å². The van der Waals surface area contributed by atoms with Gasteiger partial charge in [0.2, 0.25) is 0 Å². The van der Waals surface area contributed by atoms with Crippen molar-refractivity contribution in [3.8, 4) is 11.5 Å². The van der Waals surface area contributed by atoms with Gasteiger partial charge in [-0.25, -0.2) is 0 Å². The van der Waals surface area contributed by atoms with Crippen molar-refractivity contribution >= 4 is 11.6 Å². The van der Waals surface area contributed by atoms with Gasteiger partial charge in [-0.3, -0.25) is 9.78 Å². The minimum atomic E-state index is -0.211. The number of ether oxygens (including phenoxy) is 2. The minimum absolute atomic E-state index is 0.211. The number of carbonyl (C=O) groups is 1. The van der Waals surface area contributed by atoms with Crippen LogP contribution in [-0.2, 0) is 0 Å². The molecule has 26 heavy (non-hydrogen) atoms. The van der Waals surface area contributed by atoms with E-state index in [4.69, 9.17) is 9.47 Å². The number of benzene rings is 1. The fourth-order valence-electron chi connectivity index (χ4n) is 2.50. The van der Waals surface area contributed by atoms with Gasteiger partial charge in [0.25, 0.3) is 5.91 Å². The second-order valence-electron chi connectivity index (χ2n) is 5.88. The highest BCUT2D eigenvalue weighted by molar-refractivity contribution is 6.04. The van der Waals surface area contributed by atoms with Gasteiger partial charge in [-0.15, -0.1) is 0 Å². The third kappa shape index (κ3) is 5.46. The van der Waals surface area contributed by atoms with Crippen LogP contribution in [0.25, 0.3) is 0 Å². The zero-order valence-electron chi connectivity index (χ0n) is 15.9. The number of aryl methyl sites for hydroxylation is 1. The summed E-state index contributed by atoms with van der Waals surface area (Å²) < 4.78 is 11.2. The topological polar surface area (TPSA) is 63.7 Å². The predicted molar refractivity (Wildman–Crippen MR) is 103 cm³/mol. The summed E-state index contributed by atoms with van der Waals surface area (Å²) in [4.78, 5) is 18.8. The van der Waals surface area contributed by atoms with E-state index in [1.165, 1.54) is 0 Å². The molecule has 2 rings (SSSR count). The van der Waals surface area contributed by atoms with Gasteiger partial charge in [0, 0.05) is 30.2 Å². The third-order valence-corrected chi connectivity index (χ3v) is 4.15. The van der Waals surface area contributed by atoms with Gasteiger partial charge in [-0.2, -0.15) is 0 Å². The summed E-state index contributed by atoms with van der Waals surface area (Å²) in [7, 11) is 1.60. The van der Waals surface area contributed by atoms with Gasteiger partial charge < -0.3 is 19.7 Å². The largest absolute Gasteiger partial charge is 0.493 e. The van der Waals surface area contributed by atoms with Crippen molar-refractivity contribution in [1.29, 1.82) is 0 Å². The Morgan fingerprint density at radius 3 is 2.54 bits per heavy atom. The maximum absolute atomic E-state index is 12.3. The molecule has 0 saturated carbocycles. The minimum Gasteiger partial charge on any atom is -0.493 e. The first-order chi connectivity index (χ1) is 12.6. The Hall–Kier alpha value is -2.60. The molecule has 1 aromatic carbocycles. The van der Waals surface area contributed by atoms with E-state index in [-0.39, 0.29) is 5.91 Å². The number of rotatable bonds is 9. The summed E-state index contributed by atoms with van der Waals surface area (Å²) in [6.07, 6.45) is 1.57. The molecular formula is C20H27N3O3. The molecule has 0 bridgehead atoms. The predicted octanol–water partition coefficient (Wildman–Crippen LogP) is 3.37. The monoisotopic (exact) mass is 357 g/mol. The Bertz CT molecular complexity index is 713. The zero-order valence-corrected chi connectivity index (χ0v) is 15.9. The molecule has 0 spiro atoms. The van der Waals surface area contributed by atoms with Crippen LogP contribution in [0.5, 0.6) is 11.5 Å². The van der Waals surface area contributed by atoms with Crippen LogP contribution in [0.1, 0.15) is 29.9 Å². The van der Waals surface area contributed by atoms with E-state index >= 15 is 0 Å². The lowest BCUT2D eigenvalue weighted by Gasteiger charge is -2.19. The lowest BCUT2D eigenvalue weighted by Crippen LogP contribution is -2.28. The summed E-state index contributed by atoms with van der Waals surface area (Å²) >= 11 is 0. The maximum Gasteiger partial charge on any atom is 0.257 e. The number of carbonyl (C=O) groups excluding carboxylic acids is 1. The third-order valence-electron chi connectivity index (χ3n) is 4.15. The van der Waals surface area contributed by atoms with Crippen molar-refractivity contribution in [1.82, 2.24) is 9.88 Å². The van der Waals surface area contributed by atoms with E-state index in [1.807, 2.05) is 13.0 Å². The highest BCUT2D eigenvalue weighted by atomic mass is 16.5. The average Bonchev–Trinajstić information content (AvgIpc) is 2.66. The van der Waals surface area contributed by atoms with E-state index in [2.05, 4.69) is 29.0 Å². The standard InChI is InChI=1S/C20H27N3O3/c1-5-23(6-2)11-12-26-19-13-17(9-10-18(19)25-4)22-20(24)16-8-7-15(3)21-14-16/h7-10,13-14H,5-6,11-12H2,1-4H3,(H,22,24). The van der Waals surface area contributed by atoms with Crippen molar-refractivity contribution in [2.24, 2.45) is 0 Å². The Morgan fingerprint density at radius 2 is 1.92 bits per heavy atom. The molecule has 1 amide bonds. The molecule has 0 saturated heterocycles. The molecule has 6 nitrogen and oxygen atoms in total. The van der Waals surface area contributed by atoms with Crippen LogP contribution in [0.2, 0.25) is 0 Å². The van der Waals surface area contributed by atoms with Crippen LogP contribution in [0, 0.1) is 6.92 Å². The number of aromatic nitrogens is 1. The van der Waals surface area contributed by atoms with Crippen LogP contribution in [0.15, 0.2) is 36.5 Å². The molecule has 6 heteroatoms. The van der Waals surface area contributed by atoms with Crippen molar-refractivity contribution < 1.29 is 14.3 Å². The summed E-state index contributed by atoms with van der Waals surface area (Å²) in [5.74, 6) is 1.04. The second kappa shape index (κ2) is 9.77. The molecule has 1 aromatic heterocycles. The zero-order chi connectivity index (χ0) is 18.9. The molecular weight excluding hydrogens is 330 g/mol. The number of nitrogens with zero attached hydrogens (tertiary/aromatic N) is 2. The fourth-order valence-corrected chi connectivity index (χ4v) is 2.50. The molecule has 140 valence electrons. The number of nitrogens with one attached hydrogen (secondary N) is 1. The number of hydrogen-bond acceptors (Lipinski definition) is 5. The summed E-state index contributed by atoms with van der Waals surface area (Å²) in [5.41, 5.74) is 2.03. The van der Waals surface area contributed by atoms with Gasteiger partial charge in [-0.1, -0.05) is 13.8 Å². The van der Waals surface area contributed by atoms with E-state index < -0.39 is 0 Å². The van der Waals surface area contributed by atoms with Gasteiger partial charge in [0.1, 0.15) is 6.61 Å². The quantitative estimate of drug-likeness (QED) is 0.745. The number of pyridine rings is 1. The molecule has 1 N–H and O–H groups in total. The number of amides is 1.